The molecule has 0 spiro atoms. The van der Waals surface area contributed by atoms with Gasteiger partial charge in [0.1, 0.15) is 24.8 Å². The van der Waals surface area contributed by atoms with Crippen molar-refractivity contribution >= 4 is 11.7 Å². The van der Waals surface area contributed by atoms with E-state index in [4.69, 9.17) is 4.74 Å². The maximum absolute atomic E-state index is 12.6. The molecule has 0 radical (unpaired) electrons. The van der Waals surface area contributed by atoms with Gasteiger partial charge in [-0.1, -0.05) is 30.3 Å². The highest BCUT2D eigenvalue weighted by Gasteiger charge is 2.27. The average molecular weight is 391 g/mol. The van der Waals surface area contributed by atoms with Crippen LogP contribution in [-0.4, -0.2) is 25.7 Å². The first-order valence-electron chi connectivity index (χ1n) is 9.49. The van der Waals surface area contributed by atoms with E-state index in [-0.39, 0.29) is 11.5 Å². The van der Waals surface area contributed by atoms with Crippen LogP contribution in [0.2, 0.25) is 0 Å². The summed E-state index contributed by atoms with van der Waals surface area (Å²) in [6.45, 7) is 1.99. The molecule has 4 rings (SSSR count). The molecule has 1 atom stereocenters. The zero-order valence-electron chi connectivity index (χ0n) is 16.0. The molecular formula is C21H21N5O3. The van der Waals surface area contributed by atoms with Gasteiger partial charge >= 0.3 is 0 Å². The maximum atomic E-state index is 12.6. The monoisotopic (exact) mass is 391 g/mol. The molecular weight excluding hydrogens is 370 g/mol. The van der Waals surface area contributed by atoms with Crippen LogP contribution in [-0.2, 0) is 11.4 Å². The van der Waals surface area contributed by atoms with Crippen molar-refractivity contribution in [1.29, 1.82) is 0 Å². The highest BCUT2D eigenvalue weighted by Crippen LogP contribution is 2.38. The van der Waals surface area contributed by atoms with Gasteiger partial charge in [0.25, 0.3) is 5.56 Å². The fourth-order valence-electron chi connectivity index (χ4n) is 2.87. The van der Waals surface area contributed by atoms with Crippen molar-refractivity contribution < 1.29 is 9.53 Å². The van der Waals surface area contributed by atoms with Crippen LogP contribution in [0.3, 0.4) is 0 Å². The number of ether oxygens (including phenoxy) is 1. The highest BCUT2D eigenvalue weighted by molar-refractivity contribution is 5.92. The summed E-state index contributed by atoms with van der Waals surface area (Å²) in [5.74, 6) is 0.646. The third-order valence-electron chi connectivity index (χ3n) is 4.71. The summed E-state index contributed by atoms with van der Waals surface area (Å²) < 4.78 is 6.88. The topological polar surface area (TPSA) is 99.0 Å². The molecule has 1 N–H and O–H groups in total. The summed E-state index contributed by atoms with van der Waals surface area (Å²) in [5.41, 5.74) is 1.54. The lowest BCUT2D eigenvalue weighted by Gasteiger charge is -2.14. The van der Waals surface area contributed by atoms with Crippen molar-refractivity contribution in [3.05, 3.63) is 76.5 Å². The molecule has 8 heteroatoms. The molecule has 3 aromatic rings. The quantitative estimate of drug-likeness (QED) is 0.665. The van der Waals surface area contributed by atoms with Crippen molar-refractivity contribution in [1.82, 2.24) is 19.7 Å². The summed E-state index contributed by atoms with van der Waals surface area (Å²) >= 11 is 0. The van der Waals surface area contributed by atoms with Gasteiger partial charge in [0.2, 0.25) is 11.8 Å². The standard InChI is InChI=1S/C21H21N5O3/c1-14(26-20(27)10-9-17(25-26)16-7-8-16)21(28)24-18-11-19(23-13-22-18)29-12-15-5-3-2-4-6-15/h2-6,9-11,13-14,16H,7-8,12H2,1H3,(H,22,23,24,28). The highest BCUT2D eigenvalue weighted by atomic mass is 16.5. The number of carbonyl (C=O) groups is 1. The van der Waals surface area contributed by atoms with Crippen LogP contribution in [0.15, 0.2) is 59.7 Å². The van der Waals surface area contributed by atoms with Gasteiger partial charge in [-0.15, -0.1) is 0 Å². The number of carbonyl (C=O) groups excluding carboxylic acids is 1. The molecule has 1 saturated carbocycles. The average Bonchev–Trinajstić information content (AvgIpc) is 3.58. The Balaban J connectivity index is 1.43. The van der Waals surface area contributed by atoms with Gasteiger partial charge in [-0.3, -0.25) is 9.59 Å². The van der Waals surface area contributed by atoms with Crippen molar-refractivity contribution in [3.8, 4) is 5.88 Å². The summed E-state index contributed by atoms with van der Waals surface area (Å²) in [6.07, 6.45) is 3.45. The molecule has 148 valence electrons. The van der Waals surface area contributed by atoms with Crippen molar-refractivity contribution in [2.75, 3.05) is 5.32 Å². The first-order valence-corrected chi connectivity index (χ1v) is 9.49. The molecule has 0 aliphatic heterocycles. The first kappa shape index (κ1) is 18.8. The van der Waals surface area contributed by atoms with E-state index in [1.165, 1.54) is 17.1 Å². The molecule has 0 bridgehead atoms. The molecule has 29 heavy (non-hydrogen) atoms. The minimum atomic E-state index is -0.773. The van der Waals surface area contributed by atoms with E-state index in [2.05, 4.69) is 20.4 Å². The minimum absolute atomic E-state index is 0.298. The van der Waals surface area contributed by atoms with Crippen molar-refractivity contribution in [2.24, 2.45) is 0 Å². The largest absolute Gasteiger partial charge is 0.473 e. The summed E-state index contributed by atoms with van der Waals surface area (Å²) in [7, 11) is 0. The molecule has 1 aliphatic carbocycles. The van der Waals surface area contributed by atoms with E-state index >= 15 is 0 Å². The van der Waals surface area contributed by atoms with Crippen LogP contribution in [0.5, 0.6) is 5.88 Å². The number of benzene rings is 1. The Morgan fingerprint density at radius 2 is 2.00 bits per heavy atom. The van der Waals surface area contributed by atoms with Crippen LogP contribution in [0.1, 0.15) is 43.0 Å². The van der Waals surface area contributed by atoms with Gasteiger partial charge in [0.05, 0.1) is 5.69 Å². The van der Waals surface area contributed by atoms with Crippen LogP contribution in [0.25, 0.3) is 0 Å². The Morgan fingerprint density at radius 1 is 1.21 bits per heavy atom. The fraction of sp³-hybridized carbons (Fsp3) is 0.286. The third kappa shape index (κ3) is 4.66. The SMILES string of the molecule is CC(C(=O)Nc1cc(OCc2ccccc2)ncn1)n1nc(C2CC2)ccc1=O. The van der Waals surface area contributed by atoms with E-state index in [1.807, 2.05) is 30.3 Å². The van der Waals surface area contributed by atoms with E-state index in [0.717, 1.165) is 24.1 Å². The second-order valence-corrected chi connectivity index (χ2v) is 7.00. The molecule has 1 aliphatic rings. The lowest BCUT2D eigenvalue weighted by molar-refractivity contribution is -0.119. The molecule has 2 heterocycles. The summed E-state index contributed by atoms with van der Waals surface area (Å²) in [5, 5.41) is 7.06. The van der Waals surface area contributed by atoms with Crippen molar-refractivity contribution in [2.45, 2.75) is 38.3 Å². The van der Waals surface area contributed by atoms with E-state index in [0.29, 0.717) is 24.2 Å². The van der Waals surface area contributed by atoms with Crippen molar-refractivity contribution in [3.63, 3.8) is 0 Å². The Kier molecular flexibility index (Phi) is 5.33. The van der Waals surface area contributed by atoms with Crippen LogP contribution in [0, 0.1) is 0 Å². The number of aromatic nitrogens is 4. The second kappa shape index (κ2) is 8.22. The lowest BCUT2D eigenvalue weighted by atomic mass is 10.2. The third-order valence-corrected chi connectivity index (χ3v) is 4.71. The summed E-state index contributed by atoms with van der Waals surface area (Å²) in [4.78, 5) is 32.9. The zero-order chi connectivity index (χ0) is 20.2. The number of hydrogen-bond acceptors (Lipinski definition) is 6. The molecule has 1 unspecified atom stereocenters. The predicted molar refractivity (Wildman–Crippen MR) is 107 cm³/mol. The minimum Gasteiger partial charge on any atom is -0.473 e. The first-order chi connectivity index (χ1) is 14.1. The number of nitrogens with one attached hydrogen (secondary N) is 1. The zero-order valence-corrected chi connectivity index (χ0v) is 16.0. The Hall–Kier alpha value is -3.55. The molecule has 2 aromatic heterocycles. The van der Waals surface area contributed by atoms with Gasteiger partial charge in [-0.05, 0) is 31.4 Å². The van der Waals surface area contributed by atoms with E-state index in [1.54, 1.807) is 19.1 Å². The summed E-state index contributed by atoms with van der Waals surface area (Å²) in [6, 6.07) is 13.7. The van der Waals surface area contributed by atoms with Gasteiger partial charge in [0, 0.05) is 18.1 Å². The van der Waals surface area contributed by atoms with Gasteiger partial charge in [-0.25, -0.2) is 14.6 Å². The smallest absolute Gasteiger partial charge is 0.267 e. The number of rotatable bonds is 7. The van der Waals surface area contributed by atoms with Crippen LogP contribution in [0.4, 0.5) is 5.82 Å². The molecule has 1 aromatic carbocycles. The van der Waals surface area contributed by atoms with Gasteiger partial charge < -0.3 is 10.1 Å². The van der Waals surface area contributed by atoms with E-state index in [9.17, 15) is 9.59 Å². The Morgan fingerprint density at radius 3 is 2.76 bits per heavy atom. The molecule has 1 amide bonds. The van der Waals surface area contributed by atoms with Gasteiger partial charge in [0.15, 0.2) is 0 Å². The Labute approximate surface area is 167 Å². The predicted octanol–water partition coefficient (Wildman–Crippen LogP) is 2.69. The second-order valence-electron chi connectivity index (χ2n) is 7.00. The van der Waals surface area contributed by atoms with E-state index < -0.39 is 6.04 Å². The van der Waals surface area contributed by atoms with Gasteiger partial charge in [-0.2, -0.15) is 5.10 Å². The molecule has 8 nitrogen and oxygen atoms in total. The number of hydrogen-bond donors (Lipinski definition) is 1. The van der Waals surface area contributed by atoms with Crippen LogP contribution < -0.4 is 15.6 Å². The fourth-order valence-corrected chi connectivity index (χ4v) is 2.87. The lowest BCUT2D eigenvalue weighted by Crippen LogP contribution is -2.33. The number of amides is 1. The maximum Gasteiger partial charge on any atom is 0.267 e. The van der Waals surface area contributed by atoms with Crippen LogP contribution >= 0.6 is 0 Å². The number of anilines is 1. The number of nitrogens with zero attached hydrogens (tertiary/aromatic N) is 4. The molecule has 0 saturated heterocycles. The molecule has 1 fully saturated rings. The normalized spacial score (nSPS) is 14.2. The Bertz CT molecular complexity index is 1060.